The van der Waals surface area contributed by atoms with Crippen LogP contribution in [0.15, 0.2) is 36.4 Å². The van der Waals surface area contributed by atoms with Crippen molar-refractivity contribution in [3.63, 3.8) is 0 Å². The molecule has 0 saturated heterocycles. The number of hydrogen-bond donors (Lipinski definition) is 1. The van der Waals surface area contributed by atoms with E-state index in [1.807, 2.05) is 0 Å². The number of fused-ring (bicyclic) bond motifs is 1. The topological polar surface area (TPSA) is 79.7 Å². The molecule has 0 spiro atoms. The summed E-state index contributed by atoms with van der Waals surface area (Å²) in [5.74, 6) is -0.533. The Morgan fingerprint density at radius 1 is 1.10 bits per heavy atom. The molecule has 0 saturated carbocycles. The Balaban J connectivity index is 2.11. The van der Waals surface area contributed by atoms with Crippen LogP contribution in [0.2, 0.25) is 0 Å². The molecule has 3 rings (SSSR count). The molecule has 2 heterocycles. The second-order valence-corrected chi connectivity index (χ2v) is 4.47. The van der Waals surface area contributed by atoms with Crippen LogP contribution in [-0.2, 0) is 6.61 Å². The fourth-order valence-corrected chi connectivity index (χ4v) is 2.32. The second kappa shape index (κ2) is 4.99. The summed E-state index contributed by atoms with van der Waals surface area (Å²) in [4.78, 5) is 29.9. The van der Waals surface area contributed by atoms with Gasteiger partial charge in [0.15, 0.2) is 0 Å². The number of ether oxygens (including phenoxy) is 1. The van der Waals surface area contributed by atoms with Crippen molar-refractivity contribution in [1.82, 2.24) is 4.98 Å². The lowest BCUT2D eigenvalue weighted by Crippen LogP contribution is -2.30. The largest absolute Gasteiger partial charge is 0.481 e. The molecule has 6 heteroatoms. The Hall–Kier alpha value is -2.73. The van der Waals surface area contributed by atoms with Gasteiger partial charge in [0.2, 0.25) is 5.88 Å². The van der Waals surface area contributed by atoms with Crippen LogP contribution in [0, 0.1) is 0 Å². The standard InChI is InChI=1S/C15H12N2O4/c1-21-13-7-6-12(11(8-18)16-13)17-14(19)9-4-2-3-5-10(9)15(17)20/h2-7,18H,8H2,1H3. The number of nitrogens with zero attached hydrogens (tertiary/aromatic N) is 2. The number of pyridine rings is 1. The van der Waals surface area contributed by atoms with E-state index in [-0.39, 0.29) is 11.4 Å². The molecule has 1 N–H and O–H groups in total. The number of benzene rings is 1. The first-order valence-corrected chi connectivity index (χ1v) is 6.30. The third kappa shape index (κ3) is 1.96. The molecule has 0 radical (unpaired) electrons. The minimum atomic E-state index is -0.419. The van der Waals surface area contributed by atoms with Crippen LogP contribution in [0.5, 0.6) is 5.88 Å². The minimum Gasteiger partial charge on any atom is -0.481 e. The lowest BCUT2D eigenvalue weighted by Gasteiger charge is -2.17. The number of hydrogen-bond acceptors (Lipinski definition) is 5. The molecule has 1 aliphatic heterocycles. The molecule has 0 atom stereocenters. The fraction of sp³-hybridized carbons (Fsp3) is 0.133. The van der Waals surface area contributed by atoms with Gasteiger partial charge in [-0.05, 0) is 18.2 Å². The van der Waals surface area contributed by atoms with Gasteiger partial charge in [0.05, 0.1) is 36.2 Å². The van der Waals surface area contributed by atoms with Crippen LogP contribution in [0.1, 0.15) is 26.4 Å². The normalized spacial score (nSPS) is 13.5. The molecular weight excluding hydrogens is 272 g/mol. The van der Waals surface area contributed by atoms with Crippen molar-refractivity contribution in [1.29, 1.82) is 0 Å². The predicted molar refractivity (Wildman–Crippen MR) is 74.3 cm³/mol. The smallest absolute Gasteiger partial charge is 0.266 e. The van der Waals surface area contributed by atoms with Crippen molar-refractivity contribution in [2.75, 3.05) is 12.0 Å². The van der Waals surface area contributed by atoms with Crippen LogP contribution in [0.4, 0.5) is 5.69 Å². The molecular formula is C15H12N2O4. The van der Waals surface area contributed by atoms with Gasteiger partial charge in [0.1, 0.15) is 0 Å². The molecule has 1 aliphatic rings. The lowest BCUT2D eigenvalue weighted by atomic mass is 10.1. The van der Waals surface area contributed by atoms with Crippen LogP contribution < -0.4 is 9.64 Å². The van der Waals surface area contributed by atoms with Gasteiger partial charge in [-0.3, -0.25) is 9.59 Å². The van der Waals surface area contributed by atoms with E-state index in [9.17, 15) is 14.7 Å². The van der Waals surface area contributed by atoms with Gasteiger partial charge < -0.3 is 9.84 Å². The summed E-state index contributed by atoms with van der Waals surface area (Å²) in [6.07, 6.45) is 0. The van der Waals surface area contributed by atoms with Crippen molar-refractivity contribution in [3.8, 4) is 5.88 Å². The molecule has 1 aromatic heterocycles. The number of rotatable bonds is 3. The predicted octanol–water partition coefficient (Wildman–Crippen LogP) is 1.38. The quantitative estimate of drug-likeness (QED) is 0.861. The highest BCUT2D eigenvalue weighted by Gasteiger charge is 2.37. The Morgan fingerprint density at radius 3 is 2.24 bits per heavy atom. The Bertz CT molecular complexity index is 707. The van der Waals surface area contributed by atoms with Crippen LogP contribution in [-0.4, -0.2) is 29.0 Å². The highest BCUT2D eigenvalue weighted by atomic mass is 16.5. The first-order valence-electron chi connectivity index (χ1n) is 6.30. The summed E-state index contributed by atoms with van der Waals surface area (Å²) in [7, 11) is 1.45. The SMILES string of the molecule is COc1ccc(N2C(=O)c3ccccc3C2=O)c(CO)n1. The number of amides is 2. The average Bonchev–Trinajstić information content (AvgIpc) is 2.79. The van der Waals surface area contributed by atoms with Crippen molar-refractivity contribution < 1.29 is 19.4 Å². The highest BCUT2D eigenvalue weighted by Crippen LogP contribution is 2.31. The monoisotopic (exact) mass is 284 g/mol. The third-order valence-electron chi connectivity index (χ3n) is 3.32. The molecule has 0 bridgehead atoms. The molecule has 6 nitrogen and oxygen atoms in total. The summed E-state index contributed by atoms with van der Waals surface area (Å²) in [6.45, 7) is -0.403. The Kier molecular flexibility index (Phi) is 3.15. The van der Waals surface area contributed by atoms with E-state index < -0.39 is 18.4 Å². The second-order valence-electron chi connectivity index (χ2n) is 4.47. The van der Waals surface area contributed by atoms with E-state index in [1.165, 1.54) is 13.2 Å². The maximum absolute atomic E-state index is 12.4. The Morgan fingerprint density at radius 2 is 1.71 bits per heavy atom. The van der Waals surface area contributed by atoms with Crippen LogP contribution in [0.25, 0.3) is 0 Å². The van der Waals surface area contributed by atoms with E-state index in [0.717, 1.165) is 4.90 Å². The van der Waals surface area contributed by atoms with Gasteiger partial charge in [0.25, 0.3) is 11.8 Å². The molecule has 0 fully saturated rings. The van der Waals surface area contributed by atoms with E-state index in [1.54, 1.807) is 30.3 Å². The zero-order chi connectivity index (χ0) is 15.0. The first kappa shape index (κ1) is 13.3. The number of aliphatic hydroxyl groups is 1. The van der Waals surface area contributed by atoms with E-state index in [4.69, 9.17) is 4.74 Å². The number of aliphatic hydroxyl groups excluding tert-OH is 1. The lowest BCUT2D eigenvalue weighted by molar-refractivity contribution is 0.0925. The van der Waals surface area contributed by atoms with Gasteiger partial charge >= 0.3 is 0 Å². The van der Waals surface area contributed by atoms with Gasteiger partial charge in [-0.2, -0.15) is 0 Å². The molecule has 0 aliphatic carbocycles. The fourth-order valence-electron chi connectivity index (χ4n) is 2.32. The number of carbonyl (C=O) groups excluding carboxylic acids is 2. The maximum atomic E-state index is 12.4. The van der Waals surface area contributed by atoms with Crippen LogP contribution in [0.3, 0.4) is 0 Å². The third-order valence-corrected chi connectivity index (χ3v) is 3.32. The molecule has 21 heavy (non-hydrogen) atoms. The molecule has 1 aromatic carbocycles. The number of anilines is 1. The number of imide groups is 1. The average molecular weight is 284 g/mol. The molecule has 2 amide bonds. The summed E-state index contributed by atoms with van der Waals surface area (Å²) in [5, 5.41) is 9.42. The molecule has 2 aromatic rings. The van der Waals surface area contributed by atoms with Gasteiger partial charge in [0, 0.05) is 6.07 Å². The summed E-state index contributed by atoms with van der Waals surface area (Å²) in [5.41, 5.74) is 1.18. The van der Waals surface area contributed by atoms with Crippen molar-refractivity contribution in [2.45, 2.75) is 6.61 Å². The van der Waals surface area contributed by atoms with E-state index in [0.29, 0.717) is 17.0 Å². The summed E-state index contributed by atoms with van der Waals surface area (Å²) in [6, 6.07) is 9.69. The van der Waals surface area contributed by atoms with E-state index >= 15 is 0 Å². The molecule has 106 valence electrons. The number of methoxy groups -OCH3 is 1. The van der Waals surface area contributed by atoms with Gasteiger partial charge in [-0.25, -0.2) is 9.88 Å². The Labute approximate surface area is 120 Å². The first-order chi connectivity index (χ1) is 10.2. The highest BCUT2D eigenvalue weighted by molar-refractivity contribution is 6.34. The number of aromatic nitrogens is 1. The van der Waals surface area contributed by atoms with Crippen LogP contribution >= 0.6 is 0 Å². The van der Waals surface area contributed by atoms with Gasteiger partial charge in [-0.15, -0.1) is 0 Å². The summed E-state index contributed by atoms with van der Waals surface area (Å²) < 4.78 is 4.98. The van der Waals surface area contributed by atoms with Crippen molar-refractivity contribution in [3.05, 3.63) is 53.2 Å². The summed E-state index contributed by atoms with van der Waals surface area (Å²) >= 11 is 0. The maximum Gasteiger partial charge on any atom is 0.266 e. The minimum absolute atomic E-state index is 0.212. The zero-order valence-electron chi connectivity index (χ0n) is 11.2. The van der Waals surface area contributed by atoms with Crippen molar-refractivity contribution >= 4 is 17.5 Å². The zero-order valence-corrected chi connectivity index (χ0v) is 11.2. The van der Waals surface area contributed by atoms with E-state index in [2.05, 4.69) is 4.98 Å². The molecule has 0 unspecified atom stereocenters. The van der Waals surface area contributed by atoms with Crippen molar-refractivity contribution in [2.24, 2.45) is 0 Å². The van der Waals surface area contributed by atoms with Gasteiger partial charge in [-0.1, -0.05) is 12.1 Å². The number of carbonyl (C=O) groups is 2.